The molecule has 1 fully saturated rings. The van der Waals surface area contributed by atoms with Gasteiger partial charge in [0.15, 0.2) is 5.58 Å². The number of carbonyl (C=O) groups is 1. The quantitative estimate of drug-likeness (QED) is 0.543. The van der Waals surface area contributed by atoms with Gasteiger partial charge in [-0.2, -0.15) is 4.31 Å². The van der Waals surface area contributed by atoms with Crippen molar-refractivity contribution in [3.05, 3.63) is 53.0 Å². The number of sulfonamides is 1. The van der Waals surface area contributed by atoms with Crippen molar-refractivity contribution in [3.63, 3.8) is 0 Å². The minimum atomic E-state index is -3.60. The highest BCUT2D eigenvalue weighted by Crippen LogP contribution is 2.26. The molecule has 1 aromatic heterocycles. The maximum atomic E-state index is 12.8. The minimum absolute atomic E-state index is 0.0745. The molecule has 0 radical (unpaired) electrons. The van der Waals surface area contributed by atoms with E-state index in [9.17, 15) is 18.0 Å². The van der Waals surface area contributed by atoms with Crippen LogP contribution in [0.15, 0.2) is 61.5 Å². The lowest BCUT2D eigenvalue weighted by Crippen LogP contribution is -2.27. The average molecular weight is 462 g/mol. The molecular formula is C21H23N3O5S2. The Hall–Kier alpha value is -2.56. The molecular weight excluding hydrogens is 438 g/mol. The third-order valence-corrected chi connectivity index (χ3v) is 7.98. The van der Waals surface area contributed by atoms with Crippen molar-refractivity contribution in [2.75, 3.05) is 24.7 Å². The van der Waals surface area contributed by atoms with Crippen LogP contribution < -0.4 is 11.1 Å². The van der Waals surface area contributed by atoms with Gasteiger partial charge in [-0.3, -0.25) is 9.36 Å². The molecule has 0 unspecified atom stereocenters. The van der Waals surface area contributed by atoms with E-state index >= 15 is 0 Å². The molecule has 31 heavy (non-hydrogen) atoms. The van der Waals surface area contributed by atoms with Crippen LogP contribution in [-0.2, 0) is 21.4 Å². The van der Waals surface area contributed by atoms with Gasteiger partial charge in [-0.05, 0) is 43.4 Å². The summed E-state index contributed by atoms with van der Waals surface area (Å²) in [5, 5.41) is 2.86. The van der Waals surface area contributed by atoms with E-state index in [1.165, 1.54) is 32.8 Å². The standard InChI is InChI=1S/C21H23N3O5S2/c1-30-19-7-3-2-6-16(19)22-20(25)10-13-24-17-9-8-15(14-18(17)29-21(24)26)31(27,28)23-11-4-5-12-23/h2-3,6-9,14H,4-5,10-13H2,1H3,(H,22,25). The highest BCUT2D eigenvalue weighted by molar-refractivity contribution is 7.98. The number of nitrogens with zero attached hydrogens (tertiary/aromatic N) is 2. The van der Waals surface area contributed by atoms with E-state index in [2.05, 4.69) is 5.32 Å². The Kier molecular flexibility index (Phi) is 6.22. The minimum Gasteiger partial charge on any atom is -0.408 e. The zero-order valence-corrected chi connectivity index (χ0v) is 18.7. The van der Waals surface area contributed by atoms with Crippen molar-refractivity contribution < 1.29 is 17.6 Å². The van der Waals surface area contributed by atoms with Gasteiger partial charge < -0.3 is 9.73 Å². The number of aromatic nitrogens is 1. The molecule has 10 heteroatoms. The first kappa shape index (κ1) is 21.7. The Morgan fingerprint density at radius 3 is 2.65 bits per heavy atom. The second kappa shape index (κ2) is 8.89. The summed E-state index contributed by atoms with van der Waals surface area (Å²) in [4.78, 5) is 25.8. The molecule has 0 atom stereocenters. The molecule has 1 N–H and O–H groups in total. The van der Waals surface area contributed by atoms with Crippen molar-refractivity contribution in [3.8, 4) is 0 Å². The number of carbonyl (C=O) groups excluding carboxylic acids is 1. The fourth-order valence-electron chi connectivity index (χ4n) is 3.67. The number of benzene rings is 2. The van der Waals surface area contributed by atoms with Gasteiger partial charge in [0.2, 0.25) is 15.9 Å². The zero-order valence-electron chi connectivity index (χ0n) is 17.0. The number of fused-ring (bicyclic) bond motifs is 1. The second-order valence-corrected chi connectivity index (χ2v) is 10.0. The molecule has 0 aliphatic carbocycles. The van der Waals surface area contributed by atoms with Gasteiger partial charge in [0, 0.05) is 37.0 Å². The fourth-order valence-corrected chi connectivity index (χ4v) is 5.76. The number of hydrogen-bond acceptors (Lipinski definition) is 6. The molecule has 2 heterocycles. The lowest BCUT2D eigenvalue weighted by Gasteiger charge is -2.15. The van der Waals surface area contributed by atoms with E-state index in [1.54, 1.807) is 6.07 Å². The van der Waals surface area contributed by atoms with Gasteiger partial charge in [-0.1, -0.05) is 12.1 Å². The lowest BCUT2D eigenvalue weighted by molar-refractivity contribution is -0.116. The molecule has 164 valence electrons. The van der Waals surface area contributed by atoms with E-state index in [1.807, 2.05) is 30.5 Å². The van der Waals surface area contributed by atoms with Gasteiger partial charge >= 0.3 is 5.76 Å². The summed E-state index contributed by atoms with van der Waals surface area (Å²) >= 11 is 1.53. The van der Waals surface area contributed by atoms with Crippen molar-refractivity contribution in [2.45, 2.75) is 35.6 Å². The summed E-state index contributed by atoms with van der Waals surface area (Å²) in [5.41, 5.74) is 1.38. The zero-order chi connectivity index (χ0) is 22.0. The Morgan fingerprint density at radius 1 is 1.16 bits per heavy atom. The summed E-state index contributed by atoms with van der Waals surface area (Å²) in [6.45, 7) is 1.12. The predicted molar refractivity (Wildman–Crippen MR) is 120 cm³/mol. The number of oxazole rings is 1. The number of aryl methyl sites for hydroxylation is 1. The summed E-state index contributed by atoms with van der Waals surface area (Å²) in [7, 11) is -3.60. The monoisotopic (exact) mass is 461 g/mol. The summed E-state index contributed by atoms with van der Waals surface area (Å²) in [6.07, 6.45) is 3.69. The maximum Gasteiger partial charge on any atom is 0.419 e. The lowest BCUT2D eigenvalue weighted by atomic mass is 10.3. The molecule has 3 aromatic rings. The van der Waals surface area contributed by atoms with Crippen molar-refractivity contribution >= 4 is 44.5 Å². The number of rotatable bonds is 7. The van der Waals surface area contributed by atoms with Gasteiger partial charge in [0.05, 0.1) is 16.1 Å². The normalized spacial score (nSPS) is 14.9. The number of nitrogens with one attached hydrogen (secondary N) is 1. The van der Waals surface area contributed by atoms with E-state index < -0.39 is 15.8 Å². The third-order valence-electron chi connectivity index (χ3n) is 5.29. The van der Waals surface area contributed by atoms with E-state index in [0.717, 1.165) is 23.4 Å². The Bertz CT molecular complexity index is 1270. The van der Waals surface area contributed by atoms with Crippen molar-refractivity contribution in [1.29, 1.82) is 0 Å². The molecule has 0 bridgehead atoms. The molecule has 1 aliphatic heterocycles. The van der Waals surface area contributed by atoms with Crippen LogP contribution in [-0.4, -0.2) is 42.5 Å². The molecule has 0 spiro atoms. The molecule has 4 rings (SSSR count). The predicted octanol–water partition coefficient (Wildman–Crippen LogP) is 3.13. The summed E-state index contributed by atoms with van der Waals surface area (Å²) in [6, 6.07) is 11.9. The average Bonchev–Trinajstić information content (AvgIpc) is 3.40. The van der Waals surface area contributed by atoms with Crippen LogP contribution >= 0.6 is 11.8 Å². The first-order valence-electron chi connectivity index (χ1n) is 9.96. The topological polar surface area (TPSA) is 102 Å². The van der Waals surface area contributed by atoms with Crippen molar-refractivity contribution in [2.24, 2.45) is 0 Å². The van der Waals surface area contributed by atoms with Crippen LogP contribution in [0.5, 0.6) is 0 Å². The SMILES string of the molecule is CSc1ccccc1NC(=O)CCn1c(=O)oc2cc(S(=O)(=O)N3CCCC3)ccc21. The Morgan fingerprint density at radius 2 is 1.90 bits per heavy atom. The number of thioether (sulfide) groups is 1. The first-order valence-corrected chi connectivity index (χ1v) is 12.6. The van der Waals surface area contributed by atoms with E-state index in [0.29, 0.717) is 18.6 Å². The van der Waals surface area contributed by atoms with Crippen LogP contribution in [0.4, 0.5) is 5.69 Å². The molecule has 2 aromatic carbocycles. The maximum absolute atomic E-state index is 12.8. The Labute approximate surface area is 184 Å². The number of amides is 1. The highest BCUT2D eigenvalue weighted by atomic mass is 32.2. The highest BCUT2D eigenvalue weighted by Gasteiger charge is 2.28. The van der Waals surface area contributed by atoms with Gasteiger partial charge in [-0.25, -0.2) is 13.2 Å². The van der Waals surface area contributed by atoms with E-state index in [-0.39, 0.29) is 29.4 Å². The van der Waals surface area contributed by atoms with Gasteiger partial charge in [0.25, 0.3) is 0 Å². The smallest absolute Gasteiger partial charge is 0.408 e. The molecule has 8 nitrogen and oxygen atoms in total. The molecule has 0 saturated carbocycles. The van der Waals surface area contributed by atoms with E-state index in [4.69, 9.17) is 4.42 Å². The number of para-hydroxylation sites is 1. The van der Waals surface area contributed by atoms with Crippen LogP contribution in [0.2, 0.25) is 0 Å². The second-order valence-electron chi connectivity index (χ2n) is 7.26. The molecule has 1 amide bonds. The van der Waals surface area contributed by atoms with Crippen LogP contribution in [0.1, 0.15) is 19.3 Å². The van der Waals surface area contributed by atoms with Crippen LogP contribution in [0.25, 0.3) is 11.1 Å². The summed E-state index contributed by atoms with van der Waals surface area (Å²) < 4.78 is 33.6. The van der Waals surface area contributed by atoms with Gasteiger partial charge in [0.1, 0.15) is 0 Å². The number of hydrogen-bond donors (Lipinski definition) is 1. The fraction of sp³-hybridized carbons (Fsp3) is 0.333. The number of anilines is 1. The first-order chi connectivity index (χ1) is 14.9. The Balaban J connectivity index is 1.51. The third kappa shape index (κ3) is 4.41. The summed E-state index contributed by atoms with van der Waals surface area (Å²) in [5.74, 6) is -0.848. The largest absolute Gasteiger partial charge is 0.419 e. The van der Waals surface area contributed by atoms with Crippen LogP contribution in [0, 0.1) is 0 Å². The molecule has 1 aliphatic rings. The molecule has 1 saturated heterocycles. The van der Waals surface area contributed by atoms with Crippen LogP contribution in [0.3, 0.4) is 0 Å². The van der Waals surface area contributed by atoms with Crippen molar-refractivity contribution in [1.82, 2.24) is 8.87 Å². The van der Waals surface area contributed by atoms with Gasteiger partial charge in [-0.15, -0.1) is 11.8 Å².